The fourth-order valence-corrected chi connectivity index (χ4v) is 14.4. The lowest BCUT2D eigenvalue weighted by Crippen LogP contribution is -2.66. The summed E-state index contributed by atoms with van der Waals surface area (Å²) in [5, 5.41) is 121. The second-order valence-corrected chi connectivity index (χ2v) is 29.6. The summed E-state index contributed by atoms with van der Waals surface area (Å²) >= 11 is 0. The van der Waals surface area contributed by atoms with Gasteiger partial charge in [0.2, 0.25) is 5.91 Å². The van der Waals surface area contributed by atoms with Crippen molar-refractivity contribution in [2.45, 2.75) is 465 Å². The number of aliphatic hydroxyl groups is 11. The maximum atomic E-state index is 13.5. The Balaban J connectivity index is 1.35. The molecule has 1 amide bonds. The van der Waals surface area contributed by atoms with Crippen LogP contribution in [0.2, 0.25) is 0 Å². The van der Waals surface area contributed by atoms with Crippen LogP contribution in [0.3, 0.4) is 0 Å². The molecule has 0 saturated carbocycles. The molecule has 3 heterocycles. The highest BCUT2D eigenvalue weighted by Crippen LogP contribution is 2.33. The van der Waals surface area contributed by atoms with Crippen LogP contribution in [0.1, 0.15) is 361 Å². The maximum Gasteiger partial charge on any atom is 0.220 e. The summed E-state index contributed by atoms with van der Waals surface area (Å²) in [4.78, 5) is 13.5. The Kier molecular flexibility index (Phi) is 55.8. The lowest BCUT2D eigenvalue weighted by Gasteiger charge is -2.48. The van der Waals surface area contributed by atoms with Crippen molar-refractivity contribution in [2.24, 2.45) is 0 Å². The van der Waals surface area contributed by atoms with Gasteiger partial charge >= 0.3 is 0 Å². The van der Waals surface area contributed by atoms with E-state index < -0.39 is 124 Å². The number of carbonyl (C=O) groups excluding carboxylic acids is 1. The van der Waals surface area contributed by atoms with Crippen molar-refractivity contribution in [1.82, 2.24) is 5.32 Å². The van der Waals surface area contributed by atoms with Gasteiger partial charge in [0.1, 0.15) is 73.2 Å². The predicted molar refractivity (Wildman–Crippen MR) is 384 cm³/mol. The Bertz CT molecular complexity index is 1760. The second-order valence-electron chi connectivity index (χ2n) is 29.6. The zero-order chi connectivity index (χ0) is 70.4. The van der Waals surface area contributed by atoms with E-state index in [2.05, 4.69) is 19.2 Å². The van der Waals surface area contributed by atoms with Gasteiger partial charge in [-0.05, 0) is 12.8 Å². The Hall–Kier alpha value is -1.21. The van der Waals surface area contributed by atoms with Crippen LogP contribution in [0.15, 0.2) is 0 Å². The molecule has 17 unspecified atom stereocenters. The molecule has 0 aromatic heterocycles. The van der Waals surface area contributed by atoms with Crippen molar-refractivity contribution in [1.29, 1.82) is 0 Å². The third-order valence-electron chi connectivity index (χ3n) is 20.9. The van der Waals surface area contributed by atoms with Crippen molar-refractivity contribution < 1.29 is 89.4 Å². The maximum absolute atomic E-state index is 13.5. The molecule has 3 rings (SSSR count). The molecule has 19 nitrogen and oxygen atoms in total. The van der Waals surface area contributed by atoms with Crippen LogP contribution in [0.5, 0.6) is 0 Å². The van der Waals surface area contributed by atoms with E-state index in [1.807, 2.05) is 0 Å². The minimum Gasteiger partial charge on any atom is -0.394 e. The minimum atomic E-state index is -1.97. The lowest BCUT2D eigenvalue weighted by atomic mass is 9.96. The molecule has 3 aliphatic rings. The first-order chi connectivity index (χ1) is 47.3. The first kappa shape index (κ1) is 90.0. The van der Waals surface area contributed by atoms with Crippen molar-refractivity contribution in [2.75, 3.05) is 26.4 Å². The average molecular weight is 1390 g/mol. The first-order valence-corrected chi connectivity index (χ1v) is 40.8. The van der Waals surface area contributed by atoms with Gasteiger partial charge in [-0.2, -0.15) is 0 Å². The quantitative estimate of drug-likeness (QED) is 0.0252. The van der Waals surface area contributed by atoms with Crippen LogP contribution in [0, 0.1) is 0 Å². The van der Waals surface area contributed by atoms with E-state index in [9.17, 15) is 61.0 Å². The summed E-state index contributed by atoms with van der Waals surface area (Å²) in [6.45, 7) is 1.87. The Morgan fingerprint density at radius 2 is 0.588 bits per heavy atom. The highest BCUT2D eigenvalue weighted by Gasteiger charge is 2.54. The molecule has 97 heavy (non-hydrogen) atoms. The molecule has 3 fully saturated rings. The van der Waals surface area contributed by atoms with Crippen molar-refractivity contribution in [3.05, 3.63) is 0 Å². The van der Waals surface area contributed by atoms with Crippen LogP contribution >= 0.6 is 0 Å². The normalized spacial score (nSPS) is 26.8. The van der Waals surface area contributed by atoms with E-state index in [1.165, 1.54) is 283 Å². The SMILES string of the molecule is CCCCCCCCCCCCCCCCCCCCCCCCCCCCCCCCCC(=O)NC(COC1OC(CO)C(OC2OC(CO)C(OC3OC(CO)C(O)C(O)C3O)C(O)C2O)C(O)C1O)C(O)CCCCCCCCCCCCCCCCCCCCCCC. The van der Waals surface area contributed by atoms with E-state index in [1.54, 1.807) is 0 Å². The summed E-state index contributed by atoms with van der Waals surface area (Å²) in [5.41, 5.74) is 0. The first-order valence-electron chi connectivity index (χ1n) is 40.8. The monoisotopic (exact) mass is 1390 g/mol. The lowest BCUT2D eigenvalue weighted by molar-refractivity contribution is -0.379. The zero-order valence-electron chi connectivity index (χ0n) is 61.6. The highest BCUT2D eigenvalue weighted by atomic mass is 16.8. The second kappa shape index (κ2) is 60.1. The highest BCUT2D eigenvalue weighted by molar-refractivity contribution is 5.76. The number of unbranched alkanes of at least 4 members (excludes halogenated alkanes) is 50. The minimum absolute atomic E-state index is 0.232. The van der Waals surface area contributed by atoms with Crippen LogP contribution in [-0.2, 0) is 33.2 Å². The molecule has 0 spiro atoms. The Morgan fingerprint density at radius 1 is 0.330 bits per heavy atom. The third kappa shape index (κ3) is 40.6. The van der Waals surface area contributed by atoms with E-state index >= 15 is 0 Å². The van der Waals surface area contributed by atoms with Crippen LogP contribution < -0.4 is 5.32 Å². The molecule has 19 heteroatoms. The molecule has 3 saturated heterocycles. The molecule has 17 atom stereocenters. The van der Waals surface area contributed by atoms with E-state index in [4.69, 9.17) is 28.4 Å². The van der Waals surface area contributed by atoms with E-state index in [0.717, 1.165) is 44.9 Å². The van der Waals surface area contributed by atoms with Crippen molar-refractivity contribution >= 4 is 5.91 Å². The summed E-state index contributed by atoms with van der Waals surface area (Å²) in [5.74, 6) is -0.232. The van der Waals surface area contributed by atoms with Gasteiger partial charge in [-0.15, -0.1) is 0 Å². The molecular formula is C78H151NO18. The molecular weight excluding hydrogens is 1240 g/mol. The van der Waals surface area contributed by atoms with Crippen LogP contribution in [-0.4, -0.2) is 193 Å². The number of rotatable bonds is 66. The smallest absolute Gasteiger partial charge is 0.220 e. The number of aliphatic hydroxyl groups excluding tert-OH is 11. The van der Waals surface area contributed by atoms with Gasteiger partial charge < -0.3 is 89.9 Å². The van der Waals surface area contributed by atoms with E-state index in [-0.39, 0.29) is 18.9 Å². The summed E-state index contributed by atoms with van der Waals surface area (Å²) in [6, 6.07) is -0.883. The fraction of sp³-hybridized carbons (Fsp3) is 0.987. The van der Waals surface area contributed by atoms with Gasteiger partial charge in [0.05, 0.1) is 38.6 Å². The van der Waals surface area contributed by atoms with Gasteiger partial charge in [-0.3, -0.25) is 4.79 Å². The predicted octanol–water partition coefficient (Wildman–Crippen LogP) is 13.4. The number of hydrogen-bond acceptors (Lipinski definition) is 18. The van der Waals surface area contributed by atoms with Gasteiger partial charge in [0.15, 0.2) is 18.9 Å². The Labute approximate surface area is 589 Å². The van der Waals surface area contributed by atoms with Crippen molar-refractivity contribution in [3.8, 4) is 0 Å². The molecule has 0 radical (unpaired) electrons. The summed E-state index contributed by atoms with van der Waals surface area (Å²) < 4.78 is 34.5. The number of hydrogen-bond donors (Lipinski definition) is 12. The number of amides is 1. The third-order valence-corrected chi connectivity index (χ3v) is 20.9. The fourth-order valence-electron chi connectivity index (χ4n) is 14.4. The summed E-state index contributed by atoms with van der Waals surface area (Å²) in [7, 11) is 0. The zero-order valence-corrected chi connectivity index (χ0v) is 61.6. The molecule has 0 bridgehead atoms. The molecule has 0 aromatic rings. The molecule has 576 valence electrons. The number of ether oxygens (including phenoxy) is 6. The summed E-state index contributed by atoms with van der Waals surface area (Å²) in [6.07, 6.45) is 42.0. The average Bonchev–Trinajstić information content (AvgIpc) is 0.798. The van der Waals surface area contributed by atoms with Gasteiger partial charge in [0, 0.05) is 6.42 Å². The van der Waals surface area contributed by atoms with Crippen molar-refractivity contribution in [3.63, 3.8) is 0 Å². The molecule has 3 aliphatic heterocycles. The van der Waals surface area contributed by atoms with Gasteiger partial charge in [-0.25, -0.2) is 0 Å². The van der Waals surface area contributed by atoms with Crippen LogP contribution in [0.25, 0.3) is 0 Å². The Morgan fingerprint density at radius 3 is 0.897 bits per heavy atom. The van der Waals surface area contributed by atoms with Gasteiger partial charge in [0.25, 0.3) is 0 Å². The van der Waals surface area contributed by atoms with Gasteiger partial charge in [-0.1, -0.05) is 341 Å². The largest absolute Gasteiger partial charge is 0.394 e. The van der Waals surface area contributed by atoms with Crippen LogP contribution in [0.4, 0.5) is 0 Å². The molecule has 0 aliphatic carbocycles. The molecule has 0 aromatic carbocycles. The number of carbonyl (C=O) groups is 1. The van der Waals surface area contributed by atoms with E-state index in [0.29, 0.717) is 12.8 Å². The molecule has 12 N–H and O–H groups in total. The topological polar surface area (TPSA) is 307 Å². The number of nitrogens with one attached hydrogen (secondary N) is 1. The standard InChI is InChI=1S/C78H151NO18/c1-3-5-7-9-11-13-15-17-19-21-23-25-26-27-28-29-30-31-32-33-34-36-38-40-42-44-46-48-50-52-54-56-66(84)79-61(62(83)55-53-51-49-47-45-43-41-39-37-35-24-22-20-18-16-14-12-10-8-6-4-2)60-92-76-72(90)69(87)74(64(58-81)94-76)97-78-73(91)70(88)75(65(59-82)95-78)96-77-71(89)68(86)67(85)63(57-80)93-77/h61-65,67-78,80-83,85-91H,3-60H2,1-2H3,(H,79,84).